The van der Waals surface area contributed by atoms with Crippen molar-refractivity contribution in [2.75, 3.05) is 27.2 Å². The molecule has 0 bridgehead atoms. The van der Waals surface area contributed by atoms with E-state index < -0.39 is 0 Å². The summed E-state index contributed by atoms with van der Waals surface area (Å²) < 4.78 is 5.54. The number of ether oxygens (including phenoxy) is 1. The zero-order chi connectivity index (χ0) is 10.8. The quantitative estimate of drug-likeness (QED) is 0.803. The van der Waals surface area contributed by atoms with Gasteiger partial charge in [-0.15, -0.1) is 0 Å². The molecule has 82 valence electrons. The number of benzene rings is 1. The Morgan fingerprint density at radius 3 is 3.00 bits per heavy atom. The summed E-state index contributed by atoms with van der Waals surface area (Å²) >= 11 is 0. The van der Waals surface area contributed by atoms with Crippen LogP contribution in [0.4, 0.5) is 0 Å². The average Bonchev–Trinajstić information content (AvgIpc) is 2.16. The highest BCUT2D eigenvalue weighted by Gasteiger charge is 2.21. The van der Waals surface area contributed by atoms with Gasteiger partial charge in [0.05, 0.1) is 6.61 Å². The summed E-state index contributed by atoms with van der Waals surface area (Å²) in [4.78, 5) is 2.19. The van der Waals surface area contributed by atoms with E-state index in [0.717, 1.165) is 25.3 Å². The van der Waals surface area contributed by atoms with Gasteiger partial charge in [-0.3, -0.25) is 0 Å². The van der Waals surface area contributed by atoms with Crippen LogP contribution in [-0.4, -0.2) is 37.3 Å². The summed E-state index contributed by atoms with van der Waals surface area (Å²) in [6.45, 7) is 1.77. The van der Waals surface area contributed by atoms with Gasteiger partial charge in [0.1, 0.15) is 11.5 Å². The normalized spacial score (nSPS) is 19.8. The van der Waals surface area contributed by atoms with E-state index in [-0.39, 0.29) is 5.75 Å². The third kappa shape index (κ3) is 2.23. The zero-order valence-electron chi connectivity index (χ0n) is 9.23. The molecule has 2 rings (SSSR count). The smallest absolute Gasteiger partial charge is 0.126 e. The first-order valence-corrected chi connectivity index (χ1v) is 5.27. The molecule has 0 aliphatic carbocycles. The lowest BCUT2D eigenvalue weighted by molar-refractivity contribution is 0.243. The van der Waals surface area contributed by atoms with Crippen molar-refractivity contribution in [2.45, 2.75) is 12.3 Å². The van der Waals surface area contributed by atoms with Crippen molar-refractivity contribution in [1.29, 1.82) is 0 Å². The van der Waals surface area contributed by atoms with Gasteiger partial charge in [0.25, 0.3) is 0 Å². The van der Waals surface area contributed by atoms with E-state index in [1.54, 1.807) is 12.1 Å². The van der Waals surface area contributed by atoms with Gasteiger partial charge in [-0.1, -0.05) is 6.07 Å². The van der Waals surface area contributed by atoms with Crippen molar-refractivity contribution in [3.63, 3.8) is 0 Å². The second-order valence-corrected chi connectivity index (χ2v) is 4.32. The first-order chi connectivity index (χ1) is 7.16. The predicted molar refractivity (Wildman–Crippen MR) is 59.5 cm³/mol. The molecule has 0 spiro atoms. The minimum absolute atomic E-state index is 0.277. The Labute approximate surface area is 90.3 Å². The van der Waals surface area contributed by atoms with Crippen molar-refractivity contribution in [3.8, 4) is 11.5 Å². The Hall–Kier alpha value is -1.22. The molecule has 1 aromatic carbocycles. The summed E-state index contributed by atoms with van der Waals surface area (Å²) in [6.07, 6.45) is 1.05. The number of nitrogens with zero attached hydrogens (tertiary/aromatic N) is 1. The van der Waals surface area contributed by atoms with Gasteiger partial charge in [0.2, 0.25) is 0 Å². The summed E-state index contributed by atoms with van der Waals surface area (Å²) in [6, 6.07) is 5.41. The van der Waals surface area contributed by atoms with E-state index in [9.17, 15) is 5.11 Å². The number of hydrogen-bond acceptors (Lipinski definition) is 3. The highest BCUT2D eigenvalue weighted by molar-refractivity contribution is 5.43. The molecule has 0 radical (unpaired) electrons. The minimum Gasteiger partial charge on any atom is -0.508 e. The Balaban J connectivity index is 2.26. The van der Waals surface area contributed by atoms with Crippen LogP contribution in [-0.2, 0) is 0 Å². The van der Waals surface area contributed by atoms with Crippen LogP contribution >= 0.6 is 0 Å². The lowest BCUT2D eigenvalue weighted by Gasteiger charge is -2.28. The topological polar surface area (TPSA) is 32.7 Å². The zero-order valence-corrected chi connectivity index (χ0v) is 9.23. The maximum absolute atomic E-state index is 9.37. The molecule has 1 aliphatic rings. The van der Waals surface area contributed by atoms with E-state index in [0.29, 0.717) is 5.92 Å². The summed E-state index contributed by atoms with van der Waals surface area (Å²) in [7, 11) is 4.16. The lowest BCUT2D eigenvalue weighted by atomic mass is 9.92. The van der Waals surface area contributed by atoms with Crippen molar-refractivity contribution >= 4 is 0 Å². The molecule has 1 aliphatic heterocycles. The number of likely N-dealkylation sites (N-methyl/N-ethyl adjacent to an activating group) is 1. The molecule has 15 heavy (non-hydrogen) atoms. The summed E-state index contributed by atoms with van der Waals surface area (Å²) in [5, 5.41) is 9.37. The second kappa shape index (κ2) is 4.11. The fourth-order valence-corrected chi connectivity index (χ4v) is 2.08. The number of phenols is 1. The van der Waals surface area contributed by atoms with Crippen LogP contribution in [0.5, 0.6) is 11.5 Å². The van der Waals surface area contributed by atoms with Crippen LogP contribution in [0.1, 0.15) is 17.9 Å². The van der Waals surface area contributed by atoms with Gasteiger partial charge in [-0.25, -0.2) is 0 Å². The van der Waals surface area contributed by atoms with E-state index in [1.165, 1.54) is 5.56 Å². The number of aromatic hydroxyl groups is 1. The van der Waals surface area contributed by atoms with Crippen LogP contribution in [0.25, 0.3) is 0 Å². The van der Waals surface area contributed by atoms with Crippen LogP contribution < -0.4 is 4.74 Å². The number of fused-ring (bicyclic) bond motifs is 1. The molecule has 3 heteroatoms. The van der Waals surface area contributed by atoms with Crippen LogP contribution in [0.15, 0.2) is 18.2 Å². The lowest BCUT2D eigenvalue weighted by Crippen LogP contribution is -2.25. The van der Waals surface area contributed by atoms with Gasteiger partial charge in [0, 0.05) is 18.5 Å². The number of phenolic OH excluding ortho intramolecular Hbond substituents is 1. The molecule has 0 amide bonds. The minimum atomic E-state index is 0.277. The molecule has 0 saturated heterocycles. The second-order valence-electron chi connectivity index (χ2n) is 4.32. The van der Waals surface area contributed by atoms with Gasteiger partial charge >= 0.3 is 0 Å². The molecule has 0 aromatic heterocycles. The van der Waals surface area contributed by atoms with E-state index in [1.807, 2.05) is 6.07 Å². The van der Waals surface area contributed by atoms with Gasteiger partial charge < -0.3 is 14.7 Å². The molecule has 3 nitrogen and oxygen atoms in total. The monoisotopic (exact) mass is 207 g/mol. The standard InChI is InChI=1S/C12H17NO2/c1-13(2)8-9-5-6-15-12-7-10(14)3-4-11(9)12/h3-4,7,9,14H,5-6,8H2,1-2H3. The Kier molecular flexibility index (Phi) is 2.82. The van der Waals surface area contributed by atoms with Crippen LogP contribution in [0.2, 0.25) is 0 Å². The largest absolute Gasteiger partial charge is 0.508 e. The molecule has 0 saturated carbocycles. The highest BCUT2D eigenvalue weighted by atomic mass is 16.5. The Bertz CT molecular complexity index is 349. The number of hydrogen-bond donors (Lipinski definition) is 1. The molecule has 1 aromatic rings. The van der Waals surface area contributed by atoms with Crippen molar-refractivity contribution in [1.82, 2.24) is 4.90 Å². The fourth-order valence-electron chi connectivity index (χ4n) is 2.08. The molecular weight excluding hydrogens is 190 g/mol. The van der Waals surface area contributed by atoms with Crippen LogP contribution in [0, 0.1) is 0 Å². The van der Waals surface area contributed by atoms with Crippen LogP contribution in [0.3, 0.4) is 0 Å². The third-order valence-corrected chi connectivity index (χ3v) is 2.75. The SMILES string of the molecule is CN(C)CC1CCOc2cc(O)ccc21. The van der Waals surface area contributed by atoms with Crippen molar-refractivity contribution in [3.05, 3.63) is 23.8 Å². The third-order valence-electron chi connectivity index (χ3n) is 2.75. The van der Waals surface area contributed by atoms with Gasteiger partial charge in [-0.05, 0) is 32.1 Å². The van der Waals surface area contributed by atoms with Crippen molar-refractivity contribution in [2.24, 2.45) is 0 Å². The Morgan fingerprint density at radius 1 is 1.47 bits per heavy atom. The van der Waals surface area contributed by atoms with E-state index in [4.69, 9.17) is 4.74 Å². The predicted octanol–water partition coefficient (Wildman–Crippen LogP) is 1.82. The van der Waals surface area contributed by atoms with Crippen molar-refractivity contribution < 1.29 is 9.84 Å². The van der Waals surface area contributed by atoms with E-state index in [2.05, 4.69) is 19.0 Å². The van der Waals surface area contributed by atoms with Gasteiger partial charge in [0.15, 0.2) is 0 Å². The molecule has 1 heterocycles. The summed E-state index contributed by atoms with van der Waals surface area (Å²) in [5.41, 5.74) is 1.22. The molecular formula is C12H17NO2. The molecule has 1 atom stereocenters. The molecule has 0 fully saturated rings. The maximum atomic E-state index is 9.37. The van der Waals surface area contributed by atoms with Gasteiger partial charge in [-0.2, -0.15) is 0 Å². The highest BCUT2D eigenvalue weighted by Crippen LogP contribution is 2.35. The summed E-state index contributed by atoms with van der Waals surface area (Å²) in [5.74, 6) is 1.64. The first-order valence-electron chi connectivity index (χ1n) is 5.27. The molecule has 1 N–H and O–H groups in total. The maximum Gasteiger partial charge on any atom is 0.126 e. The molecule has 1 unspecified atom stereocenters. The fraction of sp³-hybridized carbons (Fsp3) is 0.500. The Morgan fingerprint density at radius 2 is 2.27 bits per heavy atom. The van der Waals surface area contributed by atoms with E-state index >= 15 is 0 Å². The first kappa shape index (κ1) is 10.3. The number of rotatable bonds is 2. The average molecular weight is 207 g/mol.